The van der Waals surface area contributed by atoms with Crippen LogP contribution in [0.2, 0.25) is 5.02 Å². The van der Waals surface area contributed by atoms with Gasteiger partial charge in [0.25, 0.3) is 0 Å². The van der Waals surface area contributed by atoms with E-state index in [1.807, 2.05) is 36.6 Å². The Morgan fingerprint density at radius 2 is 2.31 bits per heavy atom. The molecule has 0 aliphatic rings. The summed E-state index contributed by atoms with van der Waals surface area (Å²) in [6.45, 7) is 1.99. The van der Waals surface area contributed by atoms with Crippen molar-refractivity contribution in [1.29, 1.82) is 0 Å². The quantitative estimate of drug-likeness (QED) is 0.910. The van der Waals surface area contributed by atoms with Gasteiger partial charge in [0.1, 0.15) is 0 Å². The number of aromatic nitrogens is 1. The van der Waals surface area contributed by atoms with Gasteiger partial charge >= 0.3 is 0 Å². The van der Waals surface area contributed by atoms with E-state index in [0.29, 0.717) is 0 Å². The van der Waals surface area contributed by atoms with E-state index in [4.69, 9.17) is 17.3 Å². The lowest BCUT2D eigenvalue weighted by molar-refractivity contribution is 0.717. The molecule has 0 amide bonds. The Hall–Kier alpha value is -0.900. The van der Waals surface area contributed by atoms with Gasteiger partial charge in [0.15, 0.2) is 0 Å². The van der Waals surface area contributed by atoms with Crippen molar-refractivity contribution in [2.45, 2.75) is 19.4 Å². The van der Waals surface area contributed by atoms with E-state index in [0.717, 1.165) is 27.7 Å². The van der Waals surface area contributed by atoms with Crippen LogP contribution in [0.3, 0.4) is 0 Å². The molecule has 0 aliphatic carbocycles. The topological polar surface area (TPSA) is 38.9 Å². The zero-order valence-electron chi connectivity index (χ0n) is 8.98. The second-order valence-electron chi connectivity index (χ2n) is 3.75. The van der Waals surface area contributed by atoms with E-state index in [2.05, 4.69) is 4.98 Å². The maximum Gasteiger partial charge on any atom is 0.0947 e. The molecule has 1 aromatic heterocycles. The summed E-state index contributed by atoms with van der Waals surface area (Å²) in [7, 11) is 0. The molecule has 2 aromatic rings. The molecular weight excluding hydrogens is 240 g/mol. The van der Waals surface area contributed by atoms with E-state index in [9.17, 15) is 0 Å². The van der Waals surface area contributed by atoms with Crippen molar-refractivity contribution in [2.75, 3.05) is 0 Å². The highest BCUT2D eigenvalue weighted by atomic mass is 35.5. The Morgan fingerprint density at radius 1 is 1.50 bits per heavy atom. The average Bonchev–Trinajstić information content (AvgIpc) is 2.64. The Bertz CT molecular complexity index is 481. The summed E-state index contributed by atoms with van der Waals surface area (Å²) in [5.41, 5.74) is 8.22. The number of hydrogen-bond donors (Lipinski definition) is 1. The van der Waals surface area contributed by atoms with Crippen LogP contribution in [0, 0.1) is 6.92 Å². The highest BCUT2D eigenvalue weighted by Gasteiger charge is 2.09. The number of aryl methyl sites for hydroxylation is 1. The predicted molar refractivity (Wildman–Crippen MR) is 68.9 cm³/mol. The van der Waals surface area contributed by atoms with Crippen LogP contribution >= 0.6 is 22.9 Å². The van der Waals surface area contributed by atoms with Crippen LogP contribution in [0.25, 0.3) is 0 Å². The summed E-state index contributed by atoms with van der Waals surface area (Å²) in [4.78, 5) is 4.40. The molecule has 0 saturated carbocycles. The third-order valence-corrected chi connectivity index (χ3v) is 3.56. The Balaban J connectivity index is 2.11. The molecule has 16 heavy (non-hydrogen) atoms. The van der Waals surface area contributed by atoms with Gasteiger partial charge in [0, 0.05) is 28.6 Å². The van der Waals surface area contributed by atoms with Crippen molar-refractivity contribution in [3.63, 3.8) is 0 Å². The first kappa shape index (κ1) is 11.6. The van der Waals surface area contributed by atoms with Gasteiger partial charge in [-0.3, -0.25) is 0 Å². The predicted octanol–water partition coefficient (Wildman–Crippen LogP) is 3.35. The molecule has 0 spiro atoms. The Morgan fingerprint density at radius 3 is 2.94 bits per heavy atom. The van der Waals surface area contributed by atoms with Crippen molar-refractivity contribution in [3.8, 4) is 0 Å². The second-order valence-corrected chi connectivity index (χ2v) is 5.13. The number of halogens is 1. The van der Waals surface area contributed by atoms with Crippen LogP contribution < -0.4 is 5.73 Å². The van der Waals surface area contributed by atoms with Gasteiger partial charge in [0.2, 0.25) is 0 Å². The third kappa shape index (κ3) is 2.82. The van der Waals surface area contributed by atoms with Crippen LogP contribution in [0.5, 0.6) is 0 Å². The number of benzene rings is 1. The zero-order chi connectivity index (χ0) is 11.5. The summed E-state index contributed by atoms with van der Waals surface area (Å²) in [6, 6.07) is 7.64. The standard InChI is InChI=1S/C12H13ClN2S/c1-8-7-16-12(15-8)6-11(14)9-3-2-4-10(13)5-9/h2-5,7,11H,6,14H2,1H3. The number of nitrogens with two attached hydrogens (primary N) is 1. The molecule has 1 atom stereocenters. The molecule has 0 fully saturated rings. The molecule has 0 saturated heterocycles. The van der Waals surface area contributed by atoms with Gasteiger partial charge in [-0.1, -0.05) is 23.7 Å². The monoisotopic (exact) mass is 252 g/mol. The van der Waals surface area contributed by atoms with Gasteiger partial charge in [0.05, 0.1) is 5.01 Å². The highest BCUT2D eigenvalue weighted by Crippen LogP contribution is 2.21. The van der Waals surface area contributed by atoms with E-state index < -0.39 is 0 Å². The number of hydrogen-bond acceptors (Lipinski definition) is 3. The van der Waals surface area contributed by atoms with Crippen molar-refractivity contribution in [1.82, 2.24) is 4.98 Å². The molecule has 2 nitrogen and oxygen atoms in total. The lowest BCUT2D eigenvalue weighted by atomic mass is 10.1. The number of thiazole rings is 1. The fraction of sp³-hybridized carbons (Fsp3) is 0.250. The lowest BCUT2D eigenvalue weighted by Gasteiger charge is -2.10. The summed E-state index contributed by atoms with van der Waals surface area (Å²) in [5.74, 6) is 0. The van der Waals surface area contributed by atoms with E-state index in [1.54, 1.807) is 11.3 Å². The van der Waals surface area contributed by atoms with Gasteiger partial charge in [-0.2, -0.15) is 0 Å². The molecule has 2 N–H and O–H groups in total. The molecule has 84 valence electrons. The molecule has 1 aromatic carbocycles. The Kier molecular flexibility index (Phi) is 3.59. The van der Waals surface area contributed by atoms with Gasteiger partial charge in [-0.25, -0.2) is 4.98 Å². The first-order valence-electron chi connectivity index (χ1n) is 5.07. The largest absolute Gasteiger partial charge is 0.324 e. The summed E-state index contributed by atoms with van der Waals surface area (Å²) in [5, 5.41) is 3.84. The van der Waals surface area contributed by atoms with E-state index in [-0.39, 0.29) is 6.04 Å². The third-order valence-electron chi connectivity index (χ3n) is 2.34. The molecular formula is C12H13ClN2S. The normalized spacial score (nSPS) is 12.7. The maximum atomic E-state index is 6.11. The Labute approximate surface area is 104 Å². The lowest BCUT2D eigenvalue weighted by Crippen LogP contribution is -2.13. The highest BCUT2D eigenvalue weighted by molar-refractivity contribution is 7.09. The second kappa shape index (κ2) is 4.95. The van der Waals surface area contributed by atoms with Gasteiger partial charge < -0.3 is 5.73 Å². The molecule has 0 radical (unpaired) electrons. The minimum Gasteiger partial charge on any atom is -0.324 e. The fourth-order valence-corrected chi connectivity index (χ4v) is 2.57. The molecule has 1 unspecified atom stereocenters. The first-order chi connectivity index (χ1) is 7.65. The molecule has 1 heterocycles. The minimum absolute atomic E-state index is 0.0377. The number of rotatable bonds is 3. The van der Waals surface area contributed by atoms with Crippen molar-refractivity contribution < 1.29 is 0 Å². The maximum absolute atomic E-state index is 6.11. The van der Waals surface area contributed by atoms with E-state index >= 15 is 0 Å². The SMILES string of the molecule is Cc1csc(CC(N)c2cccc(Cl)c2)n1. The fourth-order valence-electron chi connectivity index (χ4n) is 1.54. The van der Waals surface area contributed by atoms with Gasteiger partial charge in [-0.05, 0) is 24.6 Å². The van der Waals surface area contributed by atoms with Crippen molar-refractivity contribution in [2.24, 2.45) is 5.73 Å². The first-order valence-corrected chi connectivity index (χ1v) is 6.33. The molecule has 2 rings (SSSR count). The smallest absolute Gasteiger partial charge is 0.0947 e. The molecule has 0 aliphatic heterocycles. The van der Waals surface area contributed by atoms with Crippen molar-refractivity contribution in [3.05, 3.63) is 50.9 Å². The van der Waals surface area contributed by atoms with Crippen LogP contribution in [0.15, 0.2) is 29.6 Å². The van der Waals surface area contributed by atoms with Crippen molar-refractivity contribution >= 4 is 22.9 Å². The average molecular weight is 253 g/mol. The molecule has 4 heteroatoms. The summed E-state index contributed by atoms with van der Waals surface area (Å²) in [6.07, 6.45) is 0.763. The van der Waals surface area contributed by atoms with Crippen LogP contribution in [-0.2, 0) is 6.42 Å². The summed E-state index contributed by atoms with van der Waals surface area (Å²) < 4.78 is 0. The van der Waals surface area contributed by atoms with Crippen LogP contribution in [-0.4, -0.2) is 4.98 Å². The van der Waals surface area contributed by atoms with Crippen LogP contribution in [0.4, 0.5) is 0 Å². The summed E-state index contributed by atoms with van der Waals surface area (Å²) >= 11 is 7.58. The number of nitrogens with zero attached hydrogens (tertiary/aromatic N) is 1. The van der Waals surface area contributed by atoms with E-state index in [1.165, 1.54) is 0 Å². The molecule has 0 bridgehead atoms. The minimum atomic E-state index is -0.0377. The van der Waals surface area contributed by atoms with Crippen LogP contribution in [0.1, 0.15) is 22.3 Å². The zero-order valence-corrected chi connectivity index (χ0v) is 10.6. The van der Waals surface area contributed by atoms with Gasteiger partial charge in [-0.15, -0.1) is 11.3 Å².